The van der Waals surface area contributed by atoms with E-state index in [1.54, 1.807) is 44.2 Å². The topological polar surface area (TPSA) is 67.4 Å². The average Bonchev–Trinajstić information content (AvgIpc) is 2.57. The Kier molecular flexibility index (Phi) is 5.24. The van der Waals surface area contributed by atoms with Crippen LogP contribution in [0.15, 0.2) is 48.5 Å². The summed E-state index contributed by atoms with van der Waals surface area (Å²) in [5, 5.41) is 5.53. The number of carbonyl (C=O) groups is 2. The highest BCUT2D eigenvalue weighted by Gasteiger charge is 2.36. The van der Waals surface area contributed by atoms with Gasteiger partial charge < -0.3 is 15.4 Å². The second-order valence-corrected chi connectivity index (χ2v) is 6.10. The van der Waals surface area contributed by atoms with Gasteiger partial charge in [0.05, 0.1) is 12.8 Å². The number of anilines is 2. The predicted octanol–water partition coefficient (Wildman–Crippen LogP) is 3.61. The van der Waals surface area contributed by atoms with Crippen molar-refractivity contribution in [2.75, 3.05) is 17.7 Å². The first-order chi connectivity index (χ1) is 11.3. The number of ether oxygens (including phenoxy) is 1. The van der Waals surface area contributed by atoms with Crippen molar-refractivity contribution < 1.29 is 14.3 Å². The van der Waals surface area contributed by atoms with E-state index < -0.39 is 11.3 Å². The van der Waals surface area contributed by atoms with Gasteiger partial charge in [-0.3, -0.25) is 9.59 Å². The molecule has 2 amide bonds. The largest absolute Gasteiger partial charge is 0.495 e. The maximum atomic E-state index is 12.6. The highest BCUT2D eigenvalue weighted by Crippen LogP contribution is 2.27. The molecule has 0 atom stereocenters. The van der Waals surface area contributed by atoms with Crippen LogP contribution < -0.4 is 15.4 Å². The monoisotopic (exact) mass is 326 g/mol. The quantitative estimate of drug-likeness (QED) is 0.825. The highest BCUT2D eigenvalue weighted by molar-refractivity contribution is 6.14. The number of carbonyl (C=O) groups excluding carboxylic acids is 2. The van der Waals surface area contributed by atoms with Crippen molar-refractivity contribution in [3.63, 3.8) is 0 Å². The average molecular weight is 326 g/mol. The fourth-order valence-corrected chi connectivity index (χ4v) is 2.05. The Morgan fingerprint density at radius 3 is 2.12 bits per heavy atom. The lowest BCUT2D eigenvalue weighted by Crippen LogP contribution is -2.41. The third-order valence-electron chi connectivity index (χ3n) is 3.80. The molecule has 5 nitrogen and oxygen atoms in total. The van der Waals surface area contributed by atoms with Crippen LogP contribution in [-0.2, 0) is 9.59 Å². The van der Waals surface area contributed by atoms with Crippen LogP contribution in [0.5, 0.6) is 5.75 Å². The summed E-state index contributed by atoms with van der Waals surface area (Å²) in [6.07, 6.45) is 0. The first-order valence-corrected chi connectivity index (χ1v) is 7.67. The Morgan fingerprint density at radius 2 is 1.50 bits per heavy atom. The number of amides is 2. The molecule has 0 spiro atoms. The lowest BCUT2D eigenvalue weighted by atomic mass is 9.90. The van der Waals surface area contributed by atoms with E-state index in [4.69, 9.17) is 4.74 Å². The van der Waals surface area contributed by atoms with E-state index in [1.165, 1.54) is 7.11 Å². The molecule has 5 heteroatoms. The molecular formula is C19H22N2O3. The fourth-order valence-electron chi connectivity index (χ4n) is 2.05. The van der Waals surface area contributed by atoms with E-state index in [1.807, 2.05) is 25.1 Å². The van der Waals surface area contributed by atoms with Crippen molar-refractivity contribution in [2.45, 2.75) is 20.8 Å². The van der Waals surface area contributed by atoms with Gasteiger partial charge in [-0.05, 0) is 45.0 Å². The zero-order valence-corrected chi connectivity index (χ0v) is 14.3. The molecule has 24 heavy (non-hydrogen) atoms. The molecule has 0 aromatic heterocycles. The summed E-state index contributed by atoms with van der Waals surface area (Å²) in [4.78, 5) is 25.1. The van der Waals surface area contributed by atoms with Crippen molar-refractivity contribution in [3.05, 3.63) is 54.1 Å². The third kappa shape index (κ3) is 3.93. The predicted molar refractivity (Wildman–Crippen MR) is 95.2 cm³/mol. The van der Waals surface area contributed by atoms with Crippen molar-refractivity contribution in [2.24, 2.45) is 5.41 Å². The maximum absolute atomic E-state index is 12.6. The molecule has 2 aromatic rings. The molecule has 0 fully saturated rings. The summed E-state index contributed by atoms with van der Waals surface area (Å²) >= 11 is 0. The van der Waals surface area contributed by atoms with E-state index in [2.05, 4.69) is 10.6 Å². The summed E-state index contributed by atoms with van der Waals surface area (Å²) in [6, 6.07) is 14.5. The van der Waals surface area contributed by atoms with Crippen molar-refractivity contribution in [1.82, 2.24) is 0 Å². The van der Waals surface area contributed by atoms with Gasteiger partial charge in [-0.25, -0.2) is 0 Å². The zero-order valence-electron chi connectivity index (χ0n) is 14.3. The SMILES string of the molecule is COc1ccccc1NC(=O)C(C)(C)C(=O)Nc1ccc(C)cc1. The second-order valence-electron chi connectivity index (χ2n) is 6.10. The first-order valence-electron chi connectivity index (χ1n) is 7.67. The van der Waals surface area contributed by atoms with E-state index in [0.29, 0.717) is 17.1 Å². The molecule has 2 rings (SSSR count). The Bertz CT molecular complexity index is 737. The van der Waals surface area contributed by atoms with Gasteiger partial charge >= 0.3 is 0 Å². The normalized spacial score (nSPS) is 10.8. The zero-order chi connectivity index (χ0) is 17.7. The number of rotatable bonds is 5. The van der Waals surface area contributed by atoms with Crippen molar-refractivity contribution >= 4 is 23.2 Å². The first kappa shape index (κ1) is 17.5. The number of para-hydroxylation sites is 2. The molecule has 126 valence electrons. The molecule has 2 N–H and O–H groups in total. The van der Waals surface area contributed by atoms with Gasteiger partial charge in [0.15, 0.2) is 0 Å². The van der Waals surface area contributed by atoms with Crippen molar-refractivity contribution in [3.8, 4) is 5.75 Å². The van der Waals surface area contributed by atoms with Gasteiger partial charge in [0.1, 0.15) is 11.2 Å². The van der Waals surface area contributed by atoms with Gasteiger partial charge in [0.25, 0.3) is 0 Å². The highest BCUT2D eigenvalue weighted by atomic mass is 16.5. The summed E-state index contributed by atoms with van der Waals surface area (Å²) in [6.45, 7) is 5.14. The molecule has 0 bridgehead atoms. The molecule has 0 aliphatic rings. The Morgan fingerprint density at radius 1 is 0.917 bits per heavy atom. The number of benzene rings is 2. The van der Waals surface area contributed by atoms with Gasteiger partial charge in [-0.1, -0.05) is 29.8 Å². The van der Waals surface area contributed by atoms with Crippen molar-refractivity contribution in [1.29, 1.82) is 0 Å². The molecule has 0 radical (unpaired) electrons. The molecule has 0 saturated carbocycles. The summed E-state index contributed by atoms with van der Waals surface area (Å²) in [5.41, 5.74) is 1.04. The van der Waals surface area contributed by atoms with Gasteiger partial charge in [-0.15, -0.1) is 0 Å². The number of hydrogen-bond acceptors (Lipinski definition) is 3. The van der Waals surface area contributed by atoms with Crippen LogP contribution in [-0.4, -0.2) is 18.9 Å². The molecule has 0 heterocycles. The van der Waals surface area contributed by atoms with Crippen LogP contribution in [0.2, 0.25) is 0 Å². The summed E-state index contributed by atoms with van der Waals surface area (Å²) < 4.78 is 5.21. The molecule has 2 aromatic carbocycles. The van der Waals surface area contributed by atoms with Crippen LogP contribution in [0.1, 0.15) is 19.4 Å². The fraction of sp³-hybridized carbons (Fsp3) is 0.263. The standard InChI is InChI=1S/C19H22N2O3/c1-13-9-11-14(12-10-13)20-17(22)19(2,3)18(23)21-15-7-5-6-8-16(15)24-4/h5-12H,1-4H3,(H,20,22)(H,21,23). The number of methoxy groups -OCH3 is 1. The second kappa shape index (κ2) is 7.17. The van der Waals surface area contributed by atoms with E-state index in [0.717, 1.165) is 5.56 Å². The van der Waals surface area contributed by atoms with Crippen LogP contribution >= 0.6 is 0 Å². The number of hydrogen-bond donors (Lipinski definition) is 2. The minimum atomic E-state index is -1.24. The third-order valence-corrected chi connectivity index (χ3v) is 3.80. The van der Waals surface area contributed by atoms with E-state index in [-0.39, 0.29) is 5.91 Å². The Labute approximate surface area is 142 Å². The smallest absolute Gasteiger partial charge is 0.239 e. The minimum Gasteiger partial charge on any atom is -0.495 e. The van der Waals surface area contributed by atoms with Crippen LogP contribution in [0.3, 0.4) is 0 Å². The molecule has 0 aliphatic carbocycles. The number of aryl methyl sites for hydroxylation is 1. The maximum Gasteiger partial charge on any atom is 0.239 e. The van der Waals surface area contributed by atoms with E-state index >= 15 is 0 Å². The van der Waals surface area contributed by atoms with Gasteiger partial charge in [0.2, 0.25) is 11.8 Å². The molecule has 0 saturated heterocycles. The van der Waals surface area contributed by atoms with Gasteiger partial charge in [-0.2, -0.15) is 0 Å². The lowest BCUT2D eigenvalue weighted by Gasteiger charge is -2.23. The molecule has 0 aliphatic heterocycles. The van der Waals surface area contributed by atoms with E-state index in [9.17, 15) is 9.59 Å². The van der Waals surface area contributed by atoms with Crippen LogP contribution in [0.25, 0.3) is 0 Å². The Hall–Kier alpha value is -2.82. The number of nitrogens with one attached hydrogen (secondary N) is 2. The van der Waals surface area contributed by atoms with Crippen LogP contribution in [0.4, 0.5) is 11.4 Å². The van der Waals surface area contributed by atoms with Crippen LogP contribution in [0, 0.1) is 12.3 Å². The van der Waals surface area contributed by atoms with Gasteiger partial charge in [0, 0.05) is 5.69 Å². The molecule has 0 unspecified atom stereocenters. The Balaban J connectivity index is 2.11. The lowest BCUT2D eigenvalue weighted by molar-refractivity contribution is -0.135. The minimum absolute atomic E-state index is 0.376. The molecular weight excluding hydrogens is 304 g/mol. The summed E-state index contributed by atoms with van der Waals surface area (Å²) in [7, 11) is 1.53. The summed E-state index contributed by atoms with van der Waals surface area (Å²) in [5.74, 6) is -0.240.